The Labute approximate surface area is 223 Å². The number of rotatable bonds is 3. The third-order valence-corrected chi connectivity index (χ3v) is 7.67. The fourth-order valence-corrected chi connectivity index (χ4v) is 5.90. The van der Waals surface area contributed by atoms with Gasteiger partial charge in [0.05, 0.1) is 0 Å². The van der Waals surface area contributed by atoms with Crippen LogP contribution >= 0.6 is 0 Å². The van der Waals surface area contributed by atoms with E-state index in [1.165, 1.54) is 76.8 Å². The summed E-state index contributed by atoms with van der Waals surface area (Å²) in [6.07, 6.45) is 0. The van der Waals surface area contributed by atoms with Gasteiger partial charge in [0.1, 0.15) is 0 Å². The first kappa shape index (κ1) is 22.5. The molecule has 7 rings (SSSR count). The van der Waals surface area contributed by atoms with Gasteiger partial charge in [-0.25, -0.2) is 0 Å². The van der Waals surface area contributed by atoms with Crippen molar-refractivity contribution in [3.8, 4) is 33.4 Å². The number of benzene rings is 7. The lowest BCUT2D eigenvalue weighted by molar-refractivity contribution is 1.38. The van der Waals surface area contributed by atoms with Gasteiger partial charge in [0, 0.05) is 0 Å². The van der Waals surface area contributed by atoms with E-state index in [0.717, 1.165) is 0 Å². The highest BCUT2D eigenvalue weighted by Gasteiger charge is 2.12. The van der Waals surface area contributed by atoms with Gasteiger partial charge in [-0.3, -0.25) is 0 Å². The molecule has 0 unspecified atom stereocenters. The van der Waals surface area contributed by atoms with E-state index in [1.54, 1.807) is 0 Å². The predicted molar refractivity (Wildman–Crippen MR) is 165 cm³/mol. The summed E-state index contributed by atoms with van der Waals surface area (Å²) in [5.74, 6) is 0. The normalized spacial score (nSPS) is 11.4. The van der Waals surface area contributed by atoms with Crippen LogP contribution in [-0.2, 0) is 0 Å². The molecular formula is C38H28. The van der Waals surface area contributed by atoms with E-state index in [1.807, 2.05) is 0 Å². The second-order valence-electron chi connectivity index (χ2n) is 10.4. The zero-order valence-electron chi connectivity index (χ0n) is 21.7. The van der Waals surface area contributed by atoms with E-state index in [4.69, 9.17) is 0 Å². The van der Waals surface area contributed by atoms with Gasteiger partial charge in [0.15, 0.2) is 0 Å². The van der Waals surface area contributed by atoms with Crippen LogP contribution in [-0.4, -0.2) is 0 Å². The number of fused-ring (bicyclic) bond motifs is 4. The van der Waals surface area contributed by atoms with E-state index in [9.17, 15) is 0 Å². The monoisotopic (exact) mass is 484 g/mol. The van der Waals surface area contributed by atoms with Gasteiger partial charge in [-0.15, -0.1) is 0 Å². The first-order valence-electron chi connectivity index (χ1n) is 13.3. The van der Waals surface area contributed by atoms with Gasteiger partial charge < -0.3 is 0 Å². The molecular weight excluding hydrogens is 456 g/mol. The van der Waals surface area contributed by atoms with Gasteiger partial charge in [0.2, 0.25) is 0 Å². The highest BCUT2D eigenvalue weighted by Crippen LogP contribution is 2.38. The molecule has 0 radical (unpaired) electrons. The van der Waals surface area contributed by atoms with Crippen LogP contribution in [0.3, 0.4) is 0 Å². The Morgan fingerprint density at radius 2 is 0.842 bits per heavy atom. The molecule has 0 atom stereocenters. The standard InChI is InChI=1S/C38H28/c1-25-18-26(2)20-34(19-25)30-14-16-35-31(21-30)12-13-32-22-33(15-17-36(32)35)38-24-29-11-7-6-10-28(29)23-37(38)27-8-4-3-5-9-27/h3-24H,1-2H3. The zero-order valence-corrected chi connectivity index (χ0v) is 21.7. The largest absolute Gasteiger partial charge is 0.0622 e. The van der Waals surface area contributed by atoms with Crippen molar-refractivity contribution in [1.82, 2.24) is 0 Å². The molecule has 7 aromatic carbocycles. The molecule has 180 valence electrons. The summed E-state index contributed by atoms with van der Waals surface area (Å²) < 4.78 is 0. The van der Waals surface area contributed by atoms with Crippen LogP contribution in [0.4, 0.5) is 0 Å². The maximum Gasteiger partial charge on any atom is -0.00988 e. The quantitative estimate of drug-likeness (QED) is 0.219. The van der Waals surface area contributed by atoms with Crippen LogP contribution in [0.2, 0.25) is 0 Å². The highest BCUT2D eigenvalue weighted by molar-refractivity contribution is 6.10. The molecule has 0 aliphatic heterocycles. The molecule has 0 N–H and O–H groups in total. The van der Waals surface area contributed by atoms with E-state index < -0.39 is 0 Å². The molecule has 0 amide bonds. The molecule has 0 saturated heterocycles. The fourth-order valence-electron chi connectivity index (χ4n) is 5.90. The lowest BCUT2D eigenvalue weighted by Crippen LogP contribution is -1.88. The fraction of sp³-hybridized carbons (Fsp3) is 0.0526. The third-order valence-electron chi connectivity index (χ3n) is 7.67. The first-order valence-corrected chi connectivity index (χ1v) is 13.3. The molecule has 0 bridgehead atoms. The molecule has 0 aromatic heterocycles. The van der Waals surface area contributed by atoms with Gasteiger partial charge in [-0.05, 0) is 104 Å². The summed E-state index contributed by atoms with van der Waals surface area (Å²) in [6, 6.07) is 49.2. The average molecular weight is 485 g/mol. The molecule has 0 heterocycles. The Hall–Kier alpha value is -4.68. The molecule has 0 aliphatic rings. The summed E-state index contributed by atoms with van der Waals surface area (Å²) in [7, 11) is 0. The predicted octanol–water partition coefficient (Wildman–Crippen LogP) is 10.8. The van der Waals surface area contributed by atoms with Crippen molar-refractivity contribution in [3.05, 3.63) is 145 Å². The maximum atomic E-state index is 2.35. The van der Waals surface area contributed by atoms with Crippen LogP contribution < -0.4 is 0 Å². The number of hydrogen-bond acceptors (Lipinski definition) is 0. The van der Waals surface area contributed by atoms with Crippen molar-refractivity contribution in [2.45, 2.75) is 13.8 Å². The lowest BCUT2D eigenvalue weighted by atomic mass is 9.89. The molecule has 0 heteroatoms. The Bertz CT molecular complexity index is 1960. The summed E-state index contributed by atoms with van der Waals surface area (Å²) in [5.41, 5.74) is 10.2. The summed E-state index contributed by atoms with van der Waals surface area (Å²) in [6.45, 7) is 4.34. The van der Waals surface area contributed by atoms with Crippen LogP contribution in [0.25, 0.3) is 65.7 Å². The maximum absolute atomic E-state index is 2.35. The van der Waals surface area contributed by atoms with Crippen LogP contribution in [0, 0.1) is 13.8 Å². The van der Waals surface area contributed by atoms with Gasteiger partial charge >= 0.3 is 0 Å². The minimum atomic E-state index is 1.24. The van der Waals surface area contributed by atoms with E-state index in [-0.39, 0.29) is 0 Å². The molecule has 0 saturated carbocycles. The van der Waals surface area contributed by atoms with E-state index >= 15 is 0 Å². The highest BCUT2D eigenvalue weighted by atomic mass is 14.2. The van der Waals surface area contributed by atoms with Crippen molar-refractivity contribution in [2.24, 2.45) is 0 Å². The number of aryl methyl sites for hydroxylation is 2. The van der Waals surface area contributed by atoms with Crippen molar-refractivity contribution >= 4 is 32.3 Å². The molecule has 7 aromatic rings. The zero-order chi connectivity index (χ0) is 25.6. The van der Waals surface area contributed by atoms with E-state index in [0.29, 0.717) is 0 Å². The topological polar surface area (TPSA) is 0 Å². The SMILES string of the molecule is Cc1cc(C)cc(-c2ccc3c(ccc4cc(-c5cc6ccccc6cc5-c5ccccc5)ccc43)c2)c1. The van der Waals surface area contributed by atoms with E-state index in [2.05, 4.69) is 147 Å². The Morgan fingerprint density at radius 3 is 1.47 bits per heavy atom. The third kappa shape index (κ3) is 3.96. The van der Waals surface area contributed by atoms with Crippen molar-refractivity contribution in [1.29, 1.82) is 0 Å². The minimum Gasteiger partial charge on any atom is -0.0622 e. The van der Waals surface area contributed by atoms with Gasteiger partial charge in [0.25, 0.3) is 0 Å². The molecule has 38 heavy (non-hydrogen) atoms. The van der Waals surface area contributed by atoms with Crippen molar-refractivity contribution in [3.63, 3.8) is 0 Å². The van der Waals surface area contributed by atoms with Crippen molar-refractivity contribution < 1.29 is 0 Å². The van der Waals surface area contributed by atoms with Gasteiger partial charge in [-0.2, -0.15) is 0 Å². The Balaban J connectivity index is 1.38. The van der Waals surface area contributed by atoms with Gasteiger partial charge in [-0.1, -0.05) is 120 Å². The smallest absolute Gasteiger partial charge is 0.00988 e. The molecule has 0 aliphatic carbocycles. The van der Waals surface area contributed by atoms with Crippen LogP contribution in [0.5, 0.6) is 0 Å². The van der Waals surface area contributed by atoms with Crippen LogP contribution in [0.15, 0.2) is 133 Å². The summed E-state index contributed by atoms with van der Waals surface area (Å²) in [5, 5.41) is 7.66. The minimum absolute atomic E-state index is 1.24. The average Bonchev–Trinajstić information content (AvgIpc) is 2.95. The van der Waals surface area contributed by atoms with Crippen LogP contribution in [0.1, 0.15) is 11.1 Å². The van der Waals surface area contributed by atoms with Crippen molar-refractivity contribution in [2.75, 3.05) is 0 Å². The number of hydrogen-bond donors (Lipinski definition) is 0. The molecule has 0 nitrogen and oxygen atoms in total. The summed E-state index contributed by atoms with van der Waals surface area (Å²) >= 11 is 0. The summed E-state index contributed by atoms with van der Waals surface area (Å²) in [4.78, 5) is 0. The second-order valence-corrected chi connectivity index (χ2v) is 10.4. The lowest BCUT2D eigenvalue weighted by Gasteiger charge is -2.14. The molecule has 0 fully saturated rings. The second kappa shape index (κ2) is 9.01. The first-order chi connectivity index (χ1) is 18.6. The molecule has 0 spiro atoms. The Kier molecular flexibility index (Phi) is 5.34. The Morgan fingerprint density at radius 1 is 0.316 bits per heavy atom.